The van der Waals surface area contributed by atoms with Crippen molar-refractivity contribution < 1.29 is 15.3 Å². The Labute approximate surface area is 293 Å². The van der Waals surface area contributed by atoms with E-state index in [4.69, 9.17) is 0 Å². The van der Waals surface area contributed by atoms with E-state index in [1.165, 1.54) is 21.7 Å². The molecule has 0 spiro atoms. The van der Waals surface area contributed by atoms with Crippen LogP contribution < -0.4 is 0 Å². The van der Waals surface area contributed by atoms with E-state index < -0.39 is 12.2 Å². The zero-order valence-electron chi connectivity index (χ0n) is 27.0. The van der Waals surface area contributed by atoms with Crippen molar-refractivity contribution in [2.24, 2.45) is 0 Å². The van der Waals surface area contributed by atoms with Crippen molar-refractivity contribution in [2.45, 2.75) is 39.3 Å². The van der Waals surface area contributed by atoms with Crippen molar-refractivity contribution in [3.63, 3.8) is 0 Å². The number of fused-ring (bicyclic) bond motifs is 2. The molecule has 250 valence electrons. The normalized spacial score (nSPS) is 12.4. The van der Waals surface area contributed by atoms with Crippen LogP contribution in [-0.4, -0.2) is 52.3 Å². The summed E-state index contributed by atoms with van der Waals surface area (Å²) in [5.74, 6) is 0. The molecule has 0 aliphatic rings. The SMILES string of the molecule is C.CN(Cc1cccc(Br)c1)CC(O)c1ccc2ccccc2c1.CN(Cc1cccc(CO)c1)CC(O)c1ccc2ccccc2c1. The Bertz CT molecular complexity index is 1890. The molecular formula is C42H47BrN2O3. The fourth-order valence-corrected chi connectivity index (χ4v) is 6.29. The van der Waals surface area contributed by atoms with E-state index in [1.807, 2.05) is 86.9 Å². The highest BCUT2D eigenvalue weighted by Crippen LogP contribution is 2.23. The Morgan fingerprint density at radius 3 is 1.44 bits per heavy atom. The first-order chi connectivity index (χ1) is 22.8. The molecule has 0 radical (unpaired) electrons. The van der Waals surface area contributed by atoms with Crippen LogP contribution in [0.4, 0.5) is 0 Å². The van der Waals surface area contributed by atoms with Gasteiger partial charge in [-0.15, -0.1) is 0 Å². The second kappa shape index (κ2) is 18.0. The minimum atomic E-state index is -0.527. The lowest BCUT2D eigenvalue weighted by molar-refractivity contribution is 0.123. The average molecular weight is 708 g/mol. The molecule has 5 nitrogen and oxygen atoms in total. The van der Waals surface area contributed by atoms with Crippen LogP contribution in [0.3, 0.4) is 0 Å². The number of hydrogen-bond acceptors (Lipinski definition) is 5. The third kappa shape index (κ3) is 10.6. The minimum absolute atomic E-state index is 0. The van der Waals surface area contributed by atoms with Gasteiger partial charge in [0.1, 0.15) is 0 Å². The maximum Gasteiger partial charge on any atom is 0.0917 e. The van der Waals surface area contributed by atoms with Gasteiger partial charge < -0.3 is 15.3 Å². The van der Waals surface area contributed by atoms with Gasteiger partial charge in [-0.1, -0.05) is 133 Å². The number of aliphatic hydroxyl groups excluding tert-OH is 3. The van der Waals surface area contributed by atoms with Gasteiger partial charge in [0.15, 0.2) is 0 Å². The van der Waals surface area contributed by atoms with Crippen LogP contribution in [0.1, 0.15) is 47.5 Å². The Morgan fingerprint density at radius 1 is 0.521 bits per heavy atom. The zero-order valence-corrected chi connectivity index (χ0v) is 28.6. The standard InChI is InChI=1S/C21H23NO2.C20H20BrNO.CH4/c1-22(13-16-5-4-6-17(11-16)15-23)14-21(24)20-10-9-18-7-2-3-8-19(18)12-20;1-22(13-15-5-4-8-19(21)11-15)14-20(23)18-10-9-16-6-2-3-7-17(16)12-18;/h2-12,21,23-24H,13-15H2,1H3;2-12,20,23H,13-14H2,1H3;1H4. The Kier molecular flexibility index (Phi) is 13.9. The van der Waals surface area contributed by atoms with E-state index in [9.17, 15) is 15.3 Å². The van der Waals surface area contributed by atoms with Crippen LogP contribution >= 0.6 is 15.9 Å². The molecule has 0 saturated carbocycles. The summed E-state index contributed by atoms with van der Waals surface area (Å²) in [6, 6.07) is 44.8. The first kappa shape index (κ1) is 36.9. The minimum Gasteiger partial charge on any atom is -0.392 e. The first-order valence-corrected chi connectivity index (χ1v) is 16.7. The molecule has 0 heterocycles. The van der Waals surface area contributed by atoms with Gasteiger partial charge in [0, 0.05) is 30.7 Å². The second-order valence-electron chi connectivity index (χ2n) is 12.2. The number of rotatable bonds is 11. The number of nitrogens with zero attached hydrogens (tertiary/aromatic N) is 2. The molecule has 3 N–H and O–H groups in total. The lowest BCUT2D eigenvalue weighted by Crippen LogP contribution is -2.24. The maximum absolute atomic E-state index is 10.5. The molecule has 6 rings (SSSR count). The predicted octanol–water partition coefficient (Wildman–Crippen LogP) is 8.90. The molecule has 48 heavy (non-hydrogen) atoms. The molecule has 2 atom stereocenters. The third-order valence-electron chi connectivity index (χ3n) is 8.25. The highest BCUT2D eigenvalue weighted by atomic mass is 79.9. The highest BCUT2D eigenvalue weighted by molar-refractivity contribution is 9.10. The van der Waals surface area contributed by atoms with Crippen molar-refractivity contribution in [3.05, 3.63) is 166 Å². The van der Waals surface area contributed by atoms with Crippen molar-refractivity contribution >= 4 is 37.5 Å². The zero-order chi connectivity index (χ0) is 33.2. The van der Waals surface area contributed by atoms with E-state index in [0.717, 1.165) is 45.2 Å². The van der Waals surface area contributed by atoms with E-state index in [0.29, 0.717) is 13.1 Å². The summed E-state index contributed by atoms with van der Waals surface area (Å²) < 4.78 is 1.08. The van der Waals surface area contributed by atoms with Crippen LogP contribution in [0.25, 0.3) is 21.5 Å². The molecule has 0 saturated heterocycles. The summed E-state index contributed by atoms with van der Waals surface area (Å²) in [4.78, 5) is 4.23. The number of likely N-dealkylation sites (N-methyl/N-ethyl adjacent to an activating group) is 2. The van der Waals surface area contributed by atoms with Crippen LogP contribution in [0.5, 0.6) is 0 Å². The molecule has 2 unspecified atom stereocenters. The number of benzene rings is 6. The molecule has 6 heteroatoms. The van der Waals surface area contributed by atoms with Crippen molar-refractivity contribution in [2.75, 3.05) is 27.2 Å². The molecule has 0 amide bonds. The topological polar surface area (TPSA) is 67.2 Å². The van der Waals surface area contributed by atoms with Gasteiger partial charge in [-0.05, 0) is 87.7 Å². The van der Waals surface area contributed by atoms with Gasteiger partial charge in [-0.3, -0.25) is 9.80 Å². The molecule has 0 aliphatic carbocycles. The smallest absolute Gasteiger partial charge is 0.0917 e. The third-order valence-corrected chi connectivity index (χ3v) is 8.75. The lowest BCUT2D eigenvalue weighted by atomic mass is 10.0. The monoisotopic (exact) mass is 706 g/mol. The van der Waals surface area contributed by atoms with E-state index in [2.05, 4.69) is 86.4 Å². The molecule has 6 aromatic carbocycles. The summed E-state index contributed by atoms with van der Waals surface area (Å²) >= 11 is 3.49. The molecule has 0 fully saturated rings. The van der Waals surface area contributed by atoms with Gasteiger partial charge in [0.05, 0.1) is 18.8 Å². The van der Waals surface area contributed by atoms with Gasteiger partial charge in [-0.25, -0.2) is 0 Å². The van der Waals surface area contributed by atoms with E-state index in [1.54, 1.807) is 0 Å². The first-order valence-electron chi connectivity index (χ1n) is 15.9. The maximum atomic E-state index is 10.5. The fourth-order valence-electron chi connectivity index (χ4n) is 5.85. The summed E-state index contributed by atoms with van der Waals surface area (Å²) in [7, 11) is 4.03. The van der Waals surface area contributed by atoms with Crippen molar-refractivity contribution in [1.82, 2.24) is 9.80 Å². The predicted molar refractivity (Wildman–Crippen MR) is 204 cm³/mol. The number of halogens is 1. The average Bonchev–Trinajstić information content (AvgIpc) is 3.08. The van der Waals surface area contributed by atoms with Crippen molar-refractivity contribution in [3.8, 4) is 0 Å². The number of aliphatic hydroxyl groups is 3. The quantitative estimate of drug-likeness (QED) is 0.126. The lowest BCUT2D eigenvalue weighted by Gasteiger charge is -2.21. The van der Waals surface area contributed by atoms with Gasteiger partial charge in [0.25, 0.3) is 0 Å². The molecule has 0 aliphatic heterocycles. The Balaban J connectivity index is 0.000000212. The van der Waals surface area contributed by atoms with E-state index in [-0.39, 0.29) is 14.0 Å². The summed E-state index contributed by atoms with van der Waals surface area (Å²) in [5.41, 5.74) is 5.17. The molecular weight excluding hydrogens is 660 g/mol. The summed E-state index contributed by atoms with van der Waals surface area (Å²) in [5, 5.41) is 35.0. The van der Waals surface area contributed by atoms with E-state index >= 15 is 0 Å². The number of hydrogen-bond donors (Lipinski definition) is 3. The second-order valence-corrected chi connectivity index (χ2v) is 13.2. The Hall–Kier alpha value is -3.88. The Morgan fingerprint density at radius 2 is 0.958 bits per heavy atom. The van der Waals surface area contributed by atoms with Gasteiger partial charge >= 0.3 is 0 Å². The fraction of sp³-hybridized carbons (Fsp3) is 0.238. The van der Waals surface area contributed by atoms with Crippen molar-refractivity contribution in [1.29, 1.82) is 0 Å². The van der Waals surface area contributed by atoms with Crippen LogP contribution in [-0.2, 0) is 19.7 Å². The highest BCUT2D eigenvalue weighted by Gasteiger charge is 2.13. The van der Waals surface area contributed by atoms with Gasteiger partial charge in [0.2, 0.25) is 0 Å². The summed E-state index contributed by atoms with van der Waals surface area (Å²) in [6.07, 6.45) is -1.02. The molecule has 6 aromatic rings. The van der Waals surface area contributed by atoms with Crippen LogP contribution in [0.2, 0.25) is 0 Å². The van der Waals surface area contributed by atoms with Crippen LogP contribution in [0.15, 0.2) is 138 Å². The largest absolute Gasteiger partial charge is 0.392 e. The van der Waals surface area contributed by atoms with Gasteiger partial charge in [-0.2, -0.15) is 0 Å². The summed E-state index contributed by atoms with van der Waals surface area (Å²) in [6.45, 7) is 2.76. The molecule has 0 aromatic heterocycles. The molecule has 0 bridgehead atoms. The van der Waals surface area contributed by atoms with Crippen LogP contribution in [0, 0.1) is 0 Å².